The Kier molecular flexibility index (Phi) is 6.03. The third-order valence-corrected chi connectivity index (χ3v) is 7.90. The minimum atomic E-state index is -4.98. The highest BCUT2D eigenvalue weighted by molar-refractivity contribution is 7.86. The second kappa shape index (κ2) is 8.47. The van der Waals surface area contributed by atoms with E-state index in [1.807, 2.05) is 0 Å². The van der Waals surface area contributed by atoms with Crippen LogP contribution < -0.4 is 0 Å². The number of rotatable bonds is 5. The van der Waals surface area contributed by atoms with Crippen molar-refractivity contribution in [1.29, 1.82) is 0 Å². The molecule has 0 heterocycles. The minimum Gasteiger partial charge on any atom is -0.504 e. The summed E-state index contributed by atoms with van der Waals surface area (Å²) in [5, 5.41) is 18.4. The molecule has 0 amide bonds. The normalized spacial score (nSPS) is 14.5. The van der Waals surface area contributed by atoms with Gasteiger partial charge in [-0.3, -0.25) is 13.7 Å². The Hall–Kier alpha value is -3.21. The molecule has 0 aliphatic heterocycles. The summed E-state index contributed by atoms with van der Waals surface area (Å²) in [6.45, 7) is 0. The Labute approximate surface area is 199 Å². The van der Waals surface area contributed by atoms with E-state index in [-0.39, 0.29) is 26.9 Å². The van der Waals surface area contributed by atoms with E-state index in [1.165, 1.54) is 12.1 Å². The Bertz CT molecular complexity index is 1780. The summed E-state index contributed by atoms with van der Waals surface area (Å²) in [6.07, 6.45) is 4.09. The summed E-state index contributed by atoms with van der Waals surface area (Å²) < 4.78 is 98.3. The van der Waals surface area contributed by atoms with E-state index in [2.05, 4.69) is 10.2 Å². The van der Waals surface area contributed by atoms with Crippen LogP contribution in [0.15, 0.2) is 67.4 Å². The number of phenols is 1. The molecule has 3 aromatic carbocycles. The molecule has 3 aromatic rings. The van der Waals surface area contributed by atoms with E-state index < -0.39 is 51.6 Å². The third kappa shape index (κ3) is 4.82. The number of fused-ring (bicyclic) bond motifs is 2. The fourth-order valence-corrected chi connectivity index (χ4v) is 5.56. The van der Waals surface area contributed by atoms with Gasteiger partial charge in [0.2, 0.25) is 0 Å². The summed E-state index contributed by atoms with van der Waals surface area (Å²) in [6, 6.07) is 6.26. The van der Waals surface area contributed by atoms with Crippen molar-refractivity contribution in [3.05, 3.63) is 53.6 Å². The number of aromatic hydroxyl groups is 1. The van der Waals surface area contributed by atoms with Gasteiger partial charge in [0.1, 0.15) is 15.5 Å². The first-order valence-electron chi connectivity index (χ1n) is 9.64. The zero-order chi connectivity index (χ0) is 25.8. The Morgan fingerprint density at radius 2 is 1.46 bits per heavy atom. The molecule has 0 bridgehead atoms. The van der Waals surface area contributed by atoms with Gasteiger partial charge in [-0.1, -0.05) is 18.2 Å². The molecule has 1 aliphatic carbocycles. The van der Waals surface area contributed by atoms with Gasteiger partial charge >= 0.3 is 0 Å². The highest BCUT2D eigenvalue weighted by Gasteiger charge is 2.24. The molecule has 0 radical (unpaired) electrons. The molecule has 0 saturated carbocycles. The first kappa shape index (κ1) is 24.9. The number of hydrogen-bond donors (Lipinski definition) is 4. The standard InChI is InChI=1S/C20H16N2O10S3/c23-20-18(35(30,31)32)10-11-9-12(33(24,25)26)5-6-13(11)19(20)22-21-16-7-8-17(34(27,28)29)15-4-2-1-3-14(15)16/h2,4-10,23H,1,3H2,(H,24,25,26)(H,27,28,29)(H,30,31,32). The van der Waals surface area contributed by atoms with Crippen LogP contribution in [-0.2, 0) is 36.8 Å². The second-order valence-electron chi connectivity index (χ2n) is 7.50. The number of allylic oxidation sites excluding steroid dienone is 1. The molecule has 12 nitrogen and oxygen atoms in total. The summed E-state index contributed by atoms with van der Waals surface area (Å²) >= 11 is 0. The quantitative estimate of drug-likeness (QED) is 0.272. The van der Waals surface area contributed by atoms with Gasteiger partial charge in [0, 0.05) is 10.9 Å². The molecular formula is C20H16N2O10S3. The Morgan fingerprint density at radius 3 is 2.09 bits per heavy atom. The summed E-state index contributed by atoms with van der Waals surface area (Å²) in [5.41, 5.74) is 0.357. The van der Waals surface area contributed by atoms with E-state index in [1.54, 1.807) is 6.08 Å². The first-order valence-corrected chi connectivity index (χ1v) is 14.0. The molecule has 0 spiro atoms. The van der Waals surface area contributed by atoms with E-state index in [4.69, 9.17) is 0 Å². The van der Waals surface area contributed by atoms with Crippen molar-refractivity contribution in [1.82, 2.24) is 0 Å². The maximum atomic E-state index is 11.8. The van der Waals surface area contributed by atoms with Crippen molar-refractivity contribution < 1.29 is 44.0 Å². The van der Waals surface area contributed by atoms with E-state index in [0.717, 1.165) is 30.3 Å². The molecule has 0 atom stereocenters. The van der Waals surface area contributed by atoms with Crippen LogP contribution in [0.1, 0.15) is 17.5 Å². The smallest absolute Gasteiger partial charge is 0.298 e. The topological polar surface area (TPSA) is 208 Å². The number of benzene rings is 3. The van der Waals surface area contributed by atoms with Crippen molar-refractivity contribution >= 4 is 58.6 Å². The molecule has 184 valence electrons. The van der Waals surface area contributed by atoms with Crippen LogP contribution in [0.4, 0.5) is 11.4 Å². The van der Waals surface area contributed by atoms with Crippen LogP contribution in [0.2, 0.25) is 0 Å². The van der Waals surface area contributed by atoms with Crippen LogP contribution >= 0.6 is 0 Å². The van der Waals surface area contributed by atoms with Gasteiger partial charge in [0.15, 0.2) is 5.75 Å². The highest BCUT2D eigenvalue weighted by atomic mass is 32.2. The molecule has 0 fully saturated rings. The summed E-state index contributed by atoms with van der Waals surface area (Å²) in [5.74, 6) is -0.966. The molecule has 15 heteroatoms. The monoisotopic (exact) mass is 540 g/mol. The van der Waals surface area contributed by atoms with Gasteiger partial charge in [0.05, 0.1) is 10.6 Å². The minimum absolute atomic E-state index is 0.0365. The first-order chi connectivity index (χ1) is 16.2. The maximum absolute atomic E-state index is 11.8. The van der Waals surface area contributed by atoms with Crippen molar-refractivity contribution in [3.63, 3.8) is 0 Å². The van der Waals surface area contributed by atoms with Gasteiger partial charge in [-0.2, -0.15) is 30.4 Å². The van der Waals surface area contributed by atoms with Crippen molar-refractivity contribution in [3.8, 4) is 5.75 Å². The Balaban J connectivity index is 1.97. The van der Waals surface area contributed by atoms with Gasteiger partial charge in [-0.25, -0.2) is 0 Å². The number of nitrogens with zero attached hydrogens (tertiary/aromatic N) is 2. The molecule has 0 saturated heterocycles. The molecule has 4 rings (SSSR count). The lowest BCUT2D eigenvalue weighted by Gasteiger charge is -2.15. The molecule has 35 heavy (non-hydrogen) atoms. The lowest BCUT2D eigenvalue weighted by molar-refractivity contribution is 0.445. The van der Waals surface area contributed by atoms with Gasteiger partial charge in [-0.15, -0.1) is 5.11 Å². The SMILES string of the molecule is O=S(=O)(O)c1ccc2c(N=Nc3ccc(S(=O)(=O)O)c4c3CCC=C4)c(O)c(S(=O)(=O)O)cc2c1. The zero-order valence-electron chi connectivity index (χ0n) is 17.4. The van der Waals surface area contributed by atoms with Crippen molar-refractivity contribution in [2.45, 2.75) is 27.5 Å². The summed E-state index contributed by atoms with van der Waals surface area (Å²) in [4.78, 5) is -1.87. The highest BCUT2D eigenvalue weighted by Crippen LogP contribution is 2.42. The molecule has 1 aliphatic rings. The average Bonchev–Trinajstić information content (AvgIpc) is 2.75. The van der Waals surface area contributed by atoms with E-state index in [9.17, 15) is 44.0 Å². The Morgan fingerprint density at radius 1 is 0.771 bits per heavy atom. The second-order valence-corrected chi connectivity index (χ2v) is 11.7. The van der Waals surface area contributed by atoms with Crippen LogP contribution in [0, 0.1) is 0 Å². The number of hydrogen-bond acceptors (Lipinski definition) is 9. The van der Waals surface area contributed by atoms with Gasteiger partial charge < -0.3 is 5.11 Å². The molecule has 0 unspecified atom stereocenters. The molecule has 4 N–H and O–H groups in total. The predicted octanol–water partition coefficient (Wildman–Crippen LogP) is 3.66. The van der Waals surface area contributed by atoms with Gasteiger partial charge in [0.25, 0.3) is 30.4 Å². The van der Waals surface area contributed by atoms with Crippen molar-refractivity contribution in [2.75, 3.05) is 0 Å². The fraction of sp³-hybridized carbons (Fsp3) is 0.100. The predicted molar refractivity (Wildman–Crippen MR) is 123 cm³/mol. The molecule has 0 aromatic heterocycles. The van der Waals surface area contributed by atoms with E-state index >= 15 is 0 Å². The van der Waals surface area contributed by atoms with Crippen LogP contribution in [-0.4, -0.2) is 44.0 Å². The molecular weight excluding hydrogens is 524 g/mol. The van der Waals surface area contributed by atoms with Crippen LogP contribution in [0.25, 0.3) is 16.8 Å². The van der Waals surface area contributed by atoms with Crippen molar-refractivity contribution in [2.24, 2.45) is 10.2 Å². The third-order valence-electron chi connectivity index (χ3n) is 5.27. The van der Waals surface area contributed by atoms with Gasteiger partial charge in [-0.05, 0) is 54.1 Å². The average molecular weight is 541 g/mol. The van der Waals surface area contributed by atoms with Crippen LogP contribution in [0.5, 0.6) is 5.75 Å². The lowest BCUT2D eigenvalue weighted by atomic mass is 9.96. The fourth-order valence-electron chi connectivity index (χ4n) is 3.72. The van der Waals surface area contributed by atoms with Crippen LogP contribution in [0.3, 0.4) is 0 Å². The number of phenolic OH excluding ortho intramolecular Hbond substituents is 1. The zero-order valence-corrected chi connectivity index (χ0v) is 19.8. The van der Waals surface area contributed by atoms with E-state index in [0.29, 0.717) is 18.4 Å². The maximum Gasteiger partial charge on any atom is 0.298 e. The lowest BCUT2D eigenvalue weighted by Crippen LogP contribution is -2.05. The summed E-state index contributed by atoms with van der Waals surface area (Å²) in [7, 11) is -14.2. The largest absolute Gasteiger partial charge is 0.504 e. The number of azo groups is 1.